The summed E-state index contributed by atoms with van der Waals surface area (Å²) in [4.78, 5) is 16.8. The van der Waals surface area contributed by atoms with Crippen molar-refractivity contribution in [3.8, 4) is 11.4 Å². The second-order valence-electron chi connectivity index (χ2n) is 7.77. The zero-order chi connectivity index (χ0) is 20.9. The monoisotopic (exact) mass is 396 g/mol. The van der Waals surface area contributed by atoms with E-state index in [1.54, 1.807) is 12.1 Å². The minimum Gasteiger partial charge on any atom is -0.444 e. The highest BCUT2D eigenvalue weighted by atomic mass is 19.1. The van der Waals surface area contributed by atoms with Gasteiger partial charge in [-0.15, -0.1) is 0 Å². The van der Waals surface area contributed by atoms with E-state index in [2.05, 4.69) is 20.5 Å². The number of hydrogen-bond acceptors (Lipinski definition) is 4. The fourth-order valence-electron chi connectivity index (χ4n) is 2.84. The standard InChI is InChI=1S/C22H25FN4O2/c1-22(2,3)29-21(28)24-18(14-9-15-7-5-4-6-8-15)20-25-19(26-27-20)16-10-12-17(23)13-11-16/h4-8,10-13,18H,9,14H2,1-3H3,(H,24,28)(H,25,26,27)/t18-/m1/s1. The molecule has 7 heteroatoms. The smallest absolute Gasteiger partial charge is 0.408 e. The lowest BCUT2D eigenvalue weighted by Gasteiger charge is -2.22. The molecule has 2 aromatic carbocycles. The predicted molar refractivity (Wildman–Crippen MR) is 109 cm³/mol. The summed E-state index contributed by atoms with van der Waals surface area (Å²) in [5.74, 6) is 0.638. The third-order valence-corrected chi connectivity index (χ3v) is 4.19. The SMILES string of the molecule is CC(C)(C)OC(=O)N[C@H](CCc1ccccc1)c1nc(-c2ccc(F)cc2)n[nH]1. The van der Waals surface area contributed by atoms with E-state index in [4.69, 9.17) is 4.74 Å². The number of aromatic amines is 1. The number of benzene rings is 2. The summed E-state index contributed by atoms with van der Waals surface area (Å²) < 4.78 is 18.6. The van der Waals surface area contributed by atoms with Crippen molar-refractivity contribution < 1.29 is 13.9 Å². The number of hydrogen-bond donors (Lipinski definition) is 2. The molecule has 3 rings (SSSR count). The third kappa shape index (κ3) is 6.14. The summed E-state index contributed by atoms with van der Waals surface area (Å²) in [7, 11) is 0. The quantitative estimate of drug-likeness (QED) is 0.627. The molecule has 0 unspecified atom stereocenters. The van der Waals surface area contributed by atoms with Gasteiger partial charge >= 0.3 is 6.09 Å². The Hall–Kier alpha value is -3.22. The molecule has 29 heavy (non-hydrogen) atoms. The highest BCUT2D eigenvalue weighted by molar-refractivity contribution is 5.68. The molecule has 1 amide bonds. The minimum absolute atomic E-state index is 0.322. The third-order valence-electron chi connectivity index (χ3n) is 4.19. The van der Waals surface area contributed by atoms with Crippen molar-refractivity contribution in [3.63, 3.8) is 0 Å². The van der Waals surface area contributed by atoms with Crippen LogP contribution in [0.4, 0.5) is 9.18 Å². The first kappa shape index (κ1) is 20.5. The molecule has 1 aromatic heterocycles. The van der Waals surface area contributed by atoms with Crippen LogP contribution in [-0.4, -0.2) is 26.9 Å². The van der Waals surface area contributed by atoms with E-state index in [-0.39, 0.29) is 5.82 Å². The molecule has 0 saturated carbocycles. The number of aromatic nitrogens is 3. The Balaban J connectivity index is 1.78. The highest BCUT2D eigenvalue weighted by Crippen LogP contribution is 2.21. The zero-order valence-corrected chi connectivity index (χ0v) is 16.8. The second kappa shape index (κ2) is 8.86. The average Bonchev–Trinajstić information content (AvgIpc) is 3.15. The number of rotatable bonds is 6. The van der Waals surface area contributed by atoms with Crippen LogP contribution in [0.1, 0.15) is 44.6 Å². The number of ether oxygens (including phenoxy) is 1. The van der Waals surface area contributed by atoms with Gasteiger partial charge in [-0.1, -0.05) is 30.3 Å². The Morgan fingerprint density at radius 3 is 2.48 bits per heavy atom. The van der Waals surface area contributed by atoms with E-state index in [1.165, 1.54) is 12.1 Å². The molecule has 0 fully saturated rings. The lowest BCUT2D eigenvalue weighted by molar-refractivity contribution is 0.0498. The topological polar surface area (TPSA) is 79.9 Å². The van der Waals surface area contributed by atoms with Crippen molar-refractivity contribution >= 4 is 6.09 Å². The molecule has 0 radical (unpaired) electrons. The van der Waals surface area contributed by atoms with Gasteiger partial charge in [0.2, 0.25) is 0 Å². The maximum absolute atomic E-state index is 13.2. The number of aryl methyl sites for hydroxylation is 1. The van der Waals surface area contributed by atoms with Crippen LogP contribution in [0.25, 0.3) is 11.4 Å². The largest absolute Gasteiger partial charge is 0.444 e. The highest BCUT2D eigenvalue weighted by Gasteiger charge is 2.23. The summed E-state index contributed by atoms with van der Waals surface area (Å²) in [6.45, 7) is 5.44. The van der Waals surface area contributed by atoms with Gasteiger partial charge in [0, 0.05) is 5.56 Å². The number of amides is 1. The van der Waals surface area contributed by atoms with Crippen molar-refractivity contribution in [2.75, 3.05) is 0 Å². The Bertz CT molecular complexity index is 933. The van der Waals surface area contributed by atoms with Gasteiger partial charge in [-0.3, -0.25) is 5.10 Å². The first-order chi connectivity index (χ1) is 13.8. The summed E-state index contributed by atoms with van der Waals surface area (Å²) >= 11 is 0. The van der Waals surface area contributed by atoms with Crippen molar-refractivity contribution in [1.82, 2.24) is 20.5 Å². The Kier molecular flexibility index (Phi) is 6.26. The molecule has 0 spiro atoms. The van der Waals surface area contributed by atoms with Gasteiger partial charge in [0.25, 0.3) is 0 Å². The molecule has 6 nitrogen and oxygen atoms in total. The number of alkyl carbamates (subject to hydrolysis) is 1. The first-order valence-corrected chi connectivity index (χ1v) is 9.52. The van der Waals surface area contributed by atoms with Crippen LogP contribution >= 0.6 is 0 Å². The molecule has 0 bridgehead atoms. The lowest BCUT2D eigenvalue weighted by atomic mass is 10.0. The molecule has 0 aliphatic carbocycles. The zero-order valence-electron chi connectivity index (χ0n) is 16.8. The Morgan fingerprint density at radius 2 is 1.83 bits per heavy atom. The van der Waals surface area contributed by atoms with E-state index >= 15 is 0 Å². The second-order valence-corrected chi connectivity index (χ2v) is 7.77. The summed E-state index contributed by atoms with van der Waals surface area (Å²) in [5, 5.41) is 10.0. The molecular formula is C22H25FN4O2. The lowest BCUT2D eigenvalue weighted by Crippen LogP contribution is -2.35. The Labute approximate surface area is 169 Å². The summed E-state index contributed by atoms with van der Waals surface area (Å²) in [6.07, 6.45) is 0.838. The van der Waals surface area contributed by atoms with E-state index in [0.717, 1.165) is 12.0 Å². The number of nitrogens with zero attached hydrogens (tertiary/aromatic N) is 2. The molecular weight excluding hydrogens is 371 g/mol. The number of nitrogens with one attached hydrogen (secondary N) is 2. The molecule has 0 aliphatic heterocycles. The van der Waals surface area contributed by atoms with Gasteiger partial charge in [0.1, 0.15) is 17.2 Å². The number of halogens is 1. The van der Waals surface area contributed by atoms with Crippen LogP contribution in [0, 0.1) is 5.82 Å². The van der Waals surface area contributed by atoms with Gasteiger partial charge in [-0.2, -0.15) is 5.10 Å². The number of H-pyrrole nitrogens is 1. The fraction of sp³-hybridized carbons (Fsp3) is 0.318. The first-order valence-electron chi connectivity index (χ1n) is 9.52. The molecule has 3 aromatic rings. The van der Waals surface area contributed by atoms with Crippen molar-refractivity contribution in [2.45, 2.75) is 45.3 Å². The Morgan fingerprint density at radius 1 is 1.14 bits per heavy atom. The normalized spacial score (nSPS) is 12.4. The molecule has 1 atom stereocenters. The van der Waals surface area contributed by atoms with Crippen LogP contribution in [0.2, 0.25) is 0 Å². The van der Waals surface area contributed by atoms with Gasteiger partial charge < -0.3 is 10.1 Å². The van der Waals surface area contributed by atoms with Crippen LogP contribution in [0.5, 0.6) is 0 Å². The summed E-state index contributed by atoms with van der Waals surface area (Å²) in [6, 6.07) is 15.5. The molecule has 1 heterocycles. The van der Waals surface area contributed by atoms with Crippen LogP contribution in [-0.2, 0) is 11.2 Å². The molecule has 152 valence electrons. The fourth-order valence-corrected chi connectivity index (χ4v) is 2.84. The van der Waals surface area contributed by atoms with Crippen LogP contribution in [0.3, 0.4) is 0 Å². The molecule has 0 saturated heterocycles. The van der Waals surface area contributed by atoms with Gasteiger partial charge in [-0.05, 0) is 63.4 Å². The maximum Gasteiger partial charge on any atom is 0.408 e. The minimum atomic E-state index is -0.602. The predicted octanol–water partition coefficient (Wildman–Crippen LogP) is 4.81. The number of carbonyl (C=O) groups is 1. The van der Waals surface area contributed by atoms with Gasteiger partial charge in [-0.25, -0.2) is 14.2 Å². The van der Waals surface area contributed by atoms with Crippen molar-refractivity contribution in [2.24, 2.45) is 0 Å². The van der Waals surface area contributed by atoms with Crippen LogP contribution in [0.15, 0.2) is 54.6 Å². The van der Waals surface area contributed by atoms with Crippen LogP contribution < -0.4 is 5.32 Å². The maximum atomic E-state index is 13.2. The van der Waals surface area contributed by atoms with E-state index < -0.39 is 17.7 Å². The van der Waals surface area contributed by atoms with Gasteiger partial charge in [0.15, 0.2) is 5.82 Å². The van der Waals surface area contributed by atoms with E-state index in [9.17, 15) is 9.18 Å². The average molecular weight is 396 g/mol. The van der Waals surface area contributed by atoms with E-state index in [0.29, 0.717) is 23.6 Å². The van der Waals surface area contributed by atoms with E-state index in [1.807, 2.05) is 51.1 Å². The molecule has 2 N–H and O–H groups in total. The van der Waals surface area contributed by atoms with Crippen molar-refractivity contribution in [3.05, 3.63) is 71.8 Å². The van der Waals surface area contributed by atoms with Gasteiger partial charge in [0.05, 0.1) is 6.04 Å². The summed E-state index contributed by atoms with van der Waals surface area (Å²) in [5.41, 5.74) is 1.24. The molecule has 0 aliphatic rings. The van der Waals surface area contributed by atoms with Crippen molar-refractivity contribution in [1.29, 1.82) is 0 Å². The number of carbonyl (C=O) groups excluding carboxylic acids is 1.